The van der Waals surface area contributed by atoms with Crippen LogP contribution in [0.3, 0.4) is 0 Å². The van der Waals surface area contributed by atoms with Gasteiger partial charge in [0.05, 0.1) is 24.0 Å². The van der Waals surface area contributed by atoms with Gasteiger partial charge in [-0.15, -0.1) is 5.10 Å². The molecular weight excluding hydrogens is 448 g/mol. The lowest BCUT2D eigenvalue weighted by molar-refractivity contribution is 0.0527. The van der Waals surface area contributed by atoms with E-state index < -0.39 is 17.7 Å². The van der Waals surface area contributed by atoms with Crippen LogP contribution in [0, 0.1) is 6.92 Å². The van der Waals surface area contributed by atoms with Crippen molar-refractivity contribution in [3.05, 3.63) is 60.0 Å². The topological polar surface area (TPSA) is 104 Å². The number of rotatable bonds is 5. The van der Waals surface area contributed by atoms with E-state index in [4.69, 9.17) is 9.47 Å². The molecule has 10 heteroatoms. The second kappa shape index (κ2) is 9.21. The van der Waals surface area contributed by atoms with E-state index in [-0.39, 0.29) is 6.61 Å². The normalized spacial score (nSPS) is 11.5. The first-order valence-corrected chi connectivity index (χ1v) is 11.2. The maximum absolute atomic E-state index is 12.7. The molecule has 1 amide bonds. The molecule has 182 valence electrons. The monoisotopic (exact) mass is 476 g/mol. The fraction of sp³-hybridized carbons (Fsp3) is 0.320. The average Bonchev–Trinajstić information content (AvgIpc) is 3.42. The van der Waals surface area contributed by atoms with Gasteiger partial charge in [0.15, 0.2) is 11.6 Å². The van der Waals surface area contributed by atoms with Crippen molar-refractivity contribution in [3.63, 3.8) is 0 Å². The van der Waals surface area contributed by atoms with Crippen molar-refractivity contribution in [2.45, 2.75) is 40.2 Å². The Balaban J connectivity index is 1.84. The maximum Gasteiger partial charge on any atom is 0.415 e. The number of fused-ring (bicyclic) bond motifs is 1. The Morgan fingerprint density at radius 3 is 2.60 bits per heavy atom. The molecule has 4 heterocycles. The van der Waals surface area contributed by atoms with Crippen LogP contribution in [0.4, 0.5) is 10.6 Å². The summed E-state index contributed by atoms with van der Waals surface area (Å²) in [7, 11) is 1.60. The van der Waals surface area contributed by atoms with Gasteiger partial charge >= 0.3 is 12.1 Å². The van der Waals surface area contributed by atoms with E-state index in [0.29, 0.717) is 28.4 Å². The molecule has 0 saturated carbocycles. The summed E-state index contributed by atoms with van der Waals surface area (Å²) in [6, 6.07) is 11.1. The zero-order chi connectivity index (χ0) is 25.3. The van der Waals surface area contributed by atoms with E-state index in [1.54, 1.807) is 56.2 Å². The summed E-state index contributed by atoms with van der Waals surface area (Å²) in [6.45, 7) is 9.33. The van der Waals surface area contributed by atoms with E-state index in [1.165, 1.54) is 11.1 Å². The fourth-order valence-electron chi connectivity index (χ4n) is 3.49. The second-order valence-electron chi connectivity index (χ2n) is 9.00. The van der Waals surface area contributed by atoms with Gasteiger partial charge in [-0.2, -0.15) is 5.10 Å². The van der Waals surface area contributed by atoms with E-state index in [0.717, 1.165) is 11.3 Å². The largest absolute Gasteiger partial charge is 0.462 e. The molecule has 0 fully saturated rings. The molecule has 0 N–H and O–H groups in total. The number of hydrogen-bond donors (Lipinski definition) is 0. The molecule has 0 aliphatic heterocycles. The van der Waals surface area contributed by atoms with Crippen LogP contribution in [0.1, 0.15) is 43.7 Å². The number of hydrogen-bond acceptors (Lipinski definition) is 7. The van der Waals surface area contributed by atoms with E-state index in [9.17, 15) is 9.59 Å². The summed E-state index contributed by atoms with van der Waals surface area (Å²) in [5.41, 5.74) is 2.55. The molecule has 0 aromatic carbocycles. The van der Waals surface area contributed by atoms with Crippen LogP contribution in [0.5, 0.6) is 0 Å². The van der Waals surface area contributed by atoms with Gasteiger partial charge in [-0.3, -0.25) is 4.90 Å². The third-order valence-electron chi connectivity index (χ3n) is 5.11. The third kappa shape index (κ3) is 5.01. The summed E-state index contributed by atoms with van der Waals surface area (Å²) in [5.74, 6) is 0.526. The van der Waals surface area contributed by atoms with Gasteiger partial charge in [-0.1, -0.05) is 6.07 Å². The van der Waals surface area contributed by atoms with Crippen LogP contribution in [-0.2, 0) is 9.47 Å². The van der Waals surface area contributed by atoms with Crippen molar-refractivity contribution < 1.29 is 19.1 Å². The molecule has 0 unspecified atom stereocenters. The van der Waals surface area contributed by atoms with Crippen LogP contribution in [-0.4, -0.2) is 55.7 Å². The van der Waals surface area contributed by atoms with Crippen LogP contribution in [0.25, 0.3) is 22.6 Å². The number of pyridine rings is 2. The van der Waals surface area contributed by atoms with Gasteiger partial charge < -0.3 is 9.47 Å². The summed E-state index contributed by atoms with van der Waals surface area (Å²) in [5, 5.41) is 8.92. The smallest absolute Gasteiger partial charge is 0.415 e. The van der Waals surface area contributed by atoms with Gasteiger partial charge in [0.1, 0.15) is 11.2 Å². The number of nitrogens with zero attached hydrogens (tertiary/aromatic N) is 6. The van der Waals surface area contributed by atoms with Gasteiger partial charge in [0, 0.05) is 30.6 Å². The van der Waals surface area contributed by atoms with Gasteiger partial charge in [0.25, 0.3) is 0 Å². The number of carbonyl (C=O) groups excluding carboxylic acids is 2. The van der Waals surface area contributed by atoms with Crippen molar-refractivity contribution in [1.82, 2.24) is 24.4 Å². The lowest BCUT2D eigenvalue weighted by Gasteiger charge is -2.23. The highest BCUT2D eigenvalue weighted by molar-refractivity contribution is 5.97. The summed E-state index contributed by atoms with van der Waals surface area (Å²) >= 11 is 0. The van der Waals surface area contributed by atoms with Crippen molar-refractivity contribution in [1.29, 1.82) is 0 Å². The minimum atomic E-state index is -0.647. The molecular formula is C25H28N6O4. The van der Waals surface area contributed by atoms with E-state index >= 15 is 0 Å². The lowest BCUT2D eigenvalue weighted by Crippen LogP contribution is -2.34. The minimum absolute atomic E-state index is 0.266. The van der Waals surface area contributed by atoms with Crippen molar-refractivity contribution in [2.24, 2.45) is 0 Å². The predicted molar refractivity (Wildman–Crippen MR) is 131 cm³/mol. The lowest BCUT2D eigenvalue weighted by atomic mass is 10.1. The zero-order valence-corrected chi connectivity index (χ0v) is 20.6. The quantitative estimate of drug-likeness (QED) is 0.392. The molecule has 0 aliphatic rings. The Kier molecular flexibility index (Phi) is 6.29. The van der Waals surface area contributed by atoms with Gasteiger partial charge in [-0.25, -0.2) is 23.8 Å². The fourth-order valence-corrected chi connectivity index (χ4v) is 3.49. The zero-order valence-electron chi connectivity index (χ0n) is 20.6. The highest BCUT2D eigenvalue weighted by atomic mass is 16.6. The van der Waals surface area contributed by atoms with Crippen molar-refractivity contribution in [3.8, 4) is 17.1 Å². The molecule has 10 nitrogen and oxygen atoms in total. The molecule has 0 aliphatic carbocycles. The van der Waals surface area contributed by atoms with Crippen LogP contribution in [0.15, 0.2) is 48.8 Å². The van der Waals surface area contributed by atoms with Crippen molar-refractivity contribution in [2.75, 3.05) is 18.6 Å². The van der Waals surface area contributed by atoms with Crippen LogP contribution < -0.4 is 4.90 Å². The maximum atomic E-state index is 12.7. The Morgan fingerprint density at radius 2 is 1.91 bits per heavy atom. The molecule has 4 aromatic heterocycles. The number of ether oxygens (including phenoxy) is 2. The van der Waals surface area contributed by atoms with Crippen LogP contribution >= 0.6 is 0 Å². The predicted octanol–water partition coefficient (Wildman–Crippen LogP) is 4.44. The number of aryl methyl sites for hydroxylation is 1. The standard InChI is InChI=1S/C25H28N6O4/c1-7-34-23(32)18-15-26-30-12-11-17(13-20(18)30)19-14-22(29(6)24(33)35-25(3,4)5)28-31(19)21-10-8-9-16(2)27-21/h8-15H,7H2,1-6H3. The summed E-state index contributed by atoms with van der Waals surface area (Å²) in [6.07, 6.45) is 2.71. The Bertz CT molecular complexity index is 1400. The van der Waals surface area contributed by atoms with Crippen LogP contribution in [0.2, 0.25) is 0 Å². The number of amides is 1. The second-order valence-corrected chi connectivity index (χ2v) is 9.00. The molecule has 0 spiro atoms. The number of carbonyl (C=O) groups is 2. The Hall–Kier alpha value is -4.21. The Labute approximate surface area is 203 Å². The minimum Gasteiger partial charge on any atom is -0.462 e. The summed E-state index contributed by atoms with van der Waals surface area (Å²) in [4.78, 5) is 31.1. The molecule has 4 rings (SSSR count). The molecule has 4 aromatic rings. The highest BCUT2D eigenvalue weighted by Crippen LogP contribution is 2.29. The van der Waals surface area contributed by atoms with Crippen molar-refractivity contribution >= 4 is 23.4 Å². The average molecular weight is 477 g/mol. The first kappa shape index (κ1) is 23.9. The SMILES string of the molecule is CCOC(=O)c1cnn2ccc(-c3cc(N(C)C(=O)OC(C)(C)C)nn3-c3cccc(C)n3)cc12. The molecule has 0 atom stereocenters. The molecule has 35 heavy (non-hydrogen) atoms. The first-order valence-electron chi connectivity index (χ1n) is 11.2. The molecule has 0 saturated heterocycles. The Morgan fingerprint density at radius 1 is 1.14 bits per heavy atom. The highest BCUT2D eigenvalue weighted by Gasteiger charge is 2.24. The third-order valence-corrected chi connectivity index (χ3v) is 5.11. The first-order chi connectivity index (χ1) is 16.6. The molecule has 0 radical (unpaired) electrons. The van der Waals surface area contributed by atoms with Gasteiger partial charge in [0.2, 0.25) is 0 Å². The number of aromatic nitrogens is 5. The number of esters is 1. The number of anilines is 1. The van der Waals surface area contributed by atoms with E-state index in [1.807, 2.05) is 37.3 Å². The van der Waals surface area contributed by atoms with Gasteiger partial charge in [-0.05, 0) is 58.9 Å². The summed E-state index contributed by atoms with van der Waals surface area (Å²) < 4.78 is 13.9. The molecule has 0 bridgehead atoms. The van der Waals surface area contributed by atoms with E-state index in [2.05, 4.69) is 15.2 Å².